The first-order chi connectivity index (χ1) is 16.9. The molecule has 3 N–H and O–H groups in total. The number of ketones is 1. The molecule has 0 radical (unpaired) electrons. The number of ether oxygens (including phenoxy) is 1. The highest BCUT2D eigenvalue weighted by molar-refractivity contribution is 5.99. The largest absolute Gasteiger partial charge is 0.483 e. The summed E-state index contributed by atoms with van der Waals surface area (Å²) in [4.78, 5) is 22.8. The number of benzene rings is 2. The molecule has 1 unspecified atom stereocenters. The minimum Gasteiger partial charge on any atom is -0.483 e. The van der Waals surface area contributed by atoms with Crippen molar-refractivity contribution < 1.29 is 33.5 Å². The van der Waals surface area contributed by atoms with Crippen molar-refractivity contribution in [3.05, 3.63) is 71.2 Å². The molecule has 0 aliphatic heterocycles. The van der Waals surface area contributed by atoms with E-state index in [0.717, 1.165) is 12.8 Å². The van der Waals surface area contributed by atoms with Crippen LogP contribution in [0.2, 0.25) is 0 Å². The van der Waals surface area contributed by atoms with Crippen LogP contribution in [0.1, 0.15) is 52.3 Å². The fourth-order valence-corrected chi connectivity index (χ4v) is 3.18. The van der Waals surface area contributed by atoms with E-state index in [9.17, 15) is 14.0 Å². The van der Waals surface area contributed by atoms with E-state index in [0.29, 0.717) is 34.6 Å². The van der Waals surface area contributed by atoms with E-state index in [1.54, 1.807) is 43.4 Å². The predicted molar refractivity (Wildman–Crippen MR) is 127 cm³/mol. The summed E-state index contributed by atoms with van der Waals surface area (Å²) in [6.07, 6.45) is 1.99. The number of carbonyl (C=O) groups excluding carboxylic acids is 2. The van der Waals surface area contributed by atoms with E-state index >= 15 is 0 Å². The summed E-state index contributed by atoms with van der Waals surface area (Å²) in [5.41, 5.74) is 1.65. The van der Waals surface area contributed by atoms with Gasteiger partial charge in [0.1, 0.15) is 17.3 Å². The standard InChI is InChI=1S/C22H18FNO4.C4H11NO2/c1-13(27-18-8-6-15(7-9-18)22(26)14-2-3-14)21-11-20(24-28-21)16-4-5-17(12-25)19(23)10-16;1-5-4(2-6)3-7/h4-14H,2-3H2,1H3;4-7H,2-3H2,1H3. The average molecular weight is 485 g/mol. The van der Waals surface area contributed by atoms with Crippen molar-refractivity contribution in [2.24, 2.45) is 5.92 Å². The molecule has 1 aliphatic rings. The highest BCUT2D eigenvalue weighted by atomic mass is 19.1. The summed E-state index contributed by atoms with van der Waals surface area (Å²) < 4.78 is 25.0. The molecule has 1 aromatic heterocycles. The van der Waals surface area contributed by atoms with Gasteiger partial charge >= 0.3 is 0 Å². The van der Waals surface area contributed by atoms with Gasteiger partial charge in [-0.2, -0.15) is 0 Å². The lowest BCUT2D eigenvalue weighted by Gasteiger charge is -2.11. The van der Waals surface area contributed by atoms with E-state index in [2.05, 4.69) is 10.5 Å². The molecule has 0 spiro atoms. The second-order valence-corrected chi connectivity index (χ2v) is 8.24. The summed E-state index contributed by atoms with van der Waals surface area (Å²) in [6.45, 7) is 1.80. The fourth-order valence-electron chi connectivity index (χ4n) is 3.18. The molecule has 0 saturated heterocycles. The Labute approximate surface area is 202 Å². The van der Waals surface area contributed by atoms with Gasteiger partial charge in [0.15, 0.2) is 23.9 Å². The van der Waals surface area contributed by atoms with E-state index in [-0.39, 0.29) is 36.5 Å². The molecular formula is C26H29FN2O6. The Kier molecular flexibility index (Phi) is 9.25. The molecule has 1 aliphatic carbocycles. The third-order valence-electron chi connectivity index (χ3n) is 5.60. The second kappa shape index (κ2) is 12.3. The van der Waals surface area contributed by atoms with Crippen LogP contribution >= 0.6 is 0 Å². The number of likely N-dealkylation sites (N-methyl/N-ethyl adjacent to an activating group) is 1. The molecule has 2 aromatic carbocycles. The first kappa shape index (κ1) is 26.2. The van der Waals surface area contributed by atoms with Gasteiger partial charge in [-0.25, -0.2) is 4.39 Å². The van der Waals surface area contributed by atoms with E-state index in [4.69, 9.17) is 19.5 Å². The average Bonchev–Trinajstić information content (AvgIpc) is 3.61. The van der Waals surface area contributed by atoms with Gasteiger partial charge in [-0.15, -0.1) is 0 Å². The number of rotatable bonds is 10. The van der Waals surface area contributed by atoms with Gasteiger partial charge in [0.2, 0.25) is 0 Å². The Hall–Kier alpha value is -3.40. The van der Waals surface area contributed by atoms with Crippen LogP contribution in [-0.4, -0.2) is 53.7 Å². The van der Waals surface area contributed by atoms with Crippen LogP contribution < -0.4 is 10.1 Å². The van der Waals surface area contributed by atoms with Gasteiger partial charge in [0.05, 0.1) is 24.8 Å². The number of halogens is 1. The van der Waals surface area contributed by atoms with Gasteiger partial charge in [0, 0.05) is 23.1 Å². The van der Waals surface area contributed by atoms with Crippen LogP contribution in [0.3, 0.4) is 0 Å². The number of nitrogens with zero attached hydrogens (tertiary/aromatic N) is 1. The minimum atomic E-state index is -0.609. The zero-order valence-electron chi connectivity index (χ0n) is 19.6. The number of hydrogen-bond acceptors (Lipinski definition) is 8. The van der Waals surface area contributed by atoms with Crippen LogP contribution in [-0.2, 0) is 0 Å². The zero-order valence-corrected chi connectivity index (χ0v) is 19.6. The Morgan fingerprint density at radius 1 is 1.20 bits per heavy atom. The van der Waals surface area contributed by atoms with Crippen molar-refractivity contribution >= 4 is 12.1 Å². The van der Waals surface area contributed by atoms with Crippen LogP contribution in [0.25, 0.3) is 11.3 Å². The summed E-state index contributed by atoms with van der Waals surface area (Å²) >= 11 is 0. The highest BCUT2D eigenvalue weighted by Crippen LogP contribution is 2.33. The van der Waals surface area contributed by atoms with Crippen LogP contribution in [0.15, 0.2) is 53.1 Å². The van der Waals surface area contributed by atoms with Crippen molar-refractivity contribution in [3.63, 3.8) is 0 Å². The number of nitrogens with one attached hydrogen (secondary N) is 1. The van der Waals surface area contributed by atoms with Gasteiger partial charge in [-0.1, -0.05) is 11.2 Å². The molecule has 1 atom stereocenters. The summed E-state index contributed by atoms with van der Waals surface area (Å²) in [7, 11) is 1.69. The maximum atomic E-state index is 13.8. The van der Waals surface area contributed by atoms with Gasteiger partial charge in [-0.05, 0) is 63.2 Å². The molecule has 0 amide bonds. The predicted octanol–water partition coefficient (Wildman–Crippen LogP) is 3.58. The third-order valence-corrected chi connectivity index (χ3v) is 5.60. The maximum Gasteiger partial charge on any atom is 0.177 e. The first-order valence-electron chi connectivity index (χ1n) is 11.3. The van der Waals surface area contributed by atoms with Crippen molar-refractivity contribution in [2.45, 2.75) is 31.9 Å². The Balaban J connectivity index is 0.000000429. The number of hydrogen-bond donors (Lipinski definition) is 3. The quantitative estimate of drug-likeness (QED) is 0.295. The molecule has 186 valence electrons. The second-order valence-electron chi connectivity index (χ2n) is 8.24. The van der Waals surface area contributed by atoms with Gasteiger partial charge in [0.25, 0.3) is 0 Å². The number of aliphatic hydroxyl groups excluding tert-OH is 2. The highest BCUT2D eigenvalue weighted by Gasteiger charge is 2.30. The molecule has 4 rings (SSSR count). The molecule has 8 nitrogen and oxygen atoms in total. The molecule has 1 fully saturated rings. The minimum absolute atomic E-state index is 0.00668. The number of aldehydes is 1. The number of carbonyl (C=O) groups is 2. The molecule has 9 heteroatoms. The first-order valence-corrected chi connectivity index (χ1v) is 11.3. The van der Waals surface area contributed by atoms with Crippen molar-refractivity contribution in [1.82, 2.24) is 10.5 Å². The molecule has 1 saturated carbocycles. The molecular weight excluding hydrogens is 455 g/mol. The van der Waals surface area contributed by atoms with Crippen molar-refractivity contribution in [1.29, 1.82) is 0 Å². The molecule has 0 bridgehead atoms. The molecule has 35 heavy (non-hydrogen) atoms. The smallest absolute Gasteiger partial charge is 0.177 e. The lowest BCUT2D eigenvalue weighted by molar-refractivity contribution is 0.0967. The number of Topliss-reactive ketones (excluding diaryl/α,β-unsaturated/α-hetero) is 1. The monoisotopic (exact) mass is 484 g/mol. The van der Waals surface area contributed by atoms with Crippen LogP contribution in [0.5, 0.6) is 5.75 Å². The Morgan fingerprint density at radius 2 is 1.89 bits per heavy atom. The Morgan fingerprint density at radius 3 is 2.40 bits per heavy atom. The zero-order chi connectivity index (χ0) is 25.4. The van der Waals surface area contributed by atoms with Crippen LogP contribution in [0.4, 0.5) is 4.39 Å². The van der Waals surface area contributed by atoms with Gasteiger partial charge in [-0.3, -0.25) is 9.59 Å². The molecule has 1 heterocycles. The van der Waals surface area contributed by atoms with Gasteiger partial charge < -0.3 is 24.8 Å². The van der Waals surface area contributed by atoms with E-state index in [1.165, 1.54) is 12.1 Å². The van der Waals surface area contributed by atoms with Crippen molar-refractivity contribution in [3.8, 4) is 17.0 Å². The van der Waals surface area contributed by atoms with Crippen molar-refractivity contribution in [2.75, 3.05) is 20.3 Å². The van der Waals surface area contributed by atoms with E-state index < -0.39 is 11.9 Å². The topological polar surface area (TPSA) is 122 Å². The third kappa shape index (κ3) is 7.05. The number of aliphatic hydroxyl groups is 2. The molecule has 3 aromatic rings. The summed E-state index contributed by atoms with van der Waals surface area (Å²) in [5, 5.41) is 23.3. The van der Waals surface area contributed by atoms with Crippen LogP contribution in [0, 0.1) is 11.7 Å². The summed E-state index contributed by atoms with van der Waals surface area (Å²) in [5.74, 6) is 0.852. The SMILES string of the molecule is CC(Oc1ccc(C(=O)C2CC2)cc1)c1cc(-c2ccc(C=O)c(F)c2)no1.CNC(CO)CO. The number of aromatic nitrogens is 1. The fraction of sp³-hybridized carbons (Fsp3) is 0.346. The normalized spacial score (nSPS) is 13.7. The lowest BCUT2D eigenvalue weighted by Crippen LogP contribution is -2.32. The van der Waals surface area contributed by atoms with E-state index in [1.807, 2.05) is 6.92 Å². The maximum absolute atomic E-state index is 13.8. The lowest BCUT2D eigenvalue weighted by atomic mass is 10.1. The Bertz CT molecular complexity index is 1120. The summed E-state index contributed by atoms with van der Waals surface area (Å²) in [6, 6.07) is 12.8.